The van der Waals surface area contributed by atoms with Crippen LogP contribution in [0.2, 0.25) is 0 Å². The molecule has 10 heteroatoms. The Morgan fingerprint density at radius 3 is 2.47 bits per heavy atom. The van der Waals surface area contributed by atoms with Gasteiger partial charge in [-0.2, -0.15) is 0 Å². The van der Waals surface area contributed by atoms with Crippen LogP contribution in [0.1, 0.15) is 66.2 Å². The van der Waals surface area contributed by atoms with Crippen molar-refractivity contribution in [2.24, 2.45) is 0 Å². The summed E-state index contributed by atoms with van der Waals surface area (Å²) in [6.45, 7) is 11.1. The zero-order valence-electron chi connectivity index (χ0n) is 29.2. The zero-order valence-corrected chi connectivity index (χ0v) is 30.0. The number of carbonyl (C=O) groups excluding carboxylic acids is 1. The van der Waals surface area contributed by atoms with Gasteiger partial charge in [-0.05, 0) is 86.5 Å². The summed E-state index contributed by atoms with van der Waals surface area (Å²) in [5.41, 5.74) is 6.69. The maximum atomic E-state index is 14.2. The molecule has 0 aliphatic rings. The lowest BCUT2D eigenvalue weighted by Crippen LogP contribution is -2.35. The van der Waals surface area contributed by atoms with Gasteiger partial charge in [-0.15, -0.1) is 0 Å². The first-order chi connectivity index (χ1) is 23.7. The molecule has 5 rings (SSSR count). The van der Waals surface area contributed by atoms with Gasteiger partial charge in [0.05, 0.1) is 19.6 Å². The molecule has 0 fully saturated rings. The van der Waals surface area contributed by atoms with Gasteiger partial charge in [0.2, 0.25) is 5.91 Å². The molecular formula is C39H45N5O4S. The molecule has 0 bridgehead atoms. The van der Waals surface area contributed by atoms with E-state index in [0.717, 1.165) is 62.8 Å². The van der Waals surface area contributed by atoms with Crippen molar-refractivity contribution in [3.05, 3.63) is 123 Å². The number of unbranched alkanes of at least 4 members (excludes halogenated alkanes) is 1. The van der Waals surface area contributed by atoms with Crippen molar-refractivity contribution in [3.63, 3.8) is 0 Å². The highest BCUT2D eigenvalue weighted by Crippen LogP contribution is 2.35. The summed E-state index contributed by atoms with van der Waals surface area (Å²) in [6, 6.07) is 23.9. The number of hydrogen-bond acceptors (Lipinski definition) is 8. The average molecular weight is 680 g/mol. The summed E-state index contributed by atoms with van der Waals surface area (Å²) in [6.07, 6.45) is 2.54. The number of aromatic nitrogens is 3. The van der Waals surface area contributed by atoms with Crippen LogP contribution in [0.15, 0.2) is 87.0 Å². The second-order valence-electron chi connectivity index (χ2n) is 12.1. The summed E-state index contributed by atoms with van der Waals surface area (Å²) in [7, 11) is 1.74. The SMILES string of the molecule is CCCCc1nc(C)c(CC(=O)N(C)c2ccccc2)c(=O)n1Cc1ccc(-c2ccccc2SNc2noc(C)c2C)c(COCC)c1. The number of aryl methyl sites for hydroxylation is 3. The third-order valence-electron chi connectivity index (χ3n) is 8.71. The predicted octanol–water partition coefficient (Wildman–Crippen LogP) is 8.08. The molecule has 5 aromatic rings. The van der Waals surface area contributed by atoms with E-state index in [2.05, 4.69) is 47.1 Å². The molecule has 0 saturated carbocycles. The molecule has 49 heavy (non-hydrogen) atoms. The Bertz CT molecular complexity index is 1950. The van der Waals surface area contributed by atoms with E-state index in [1.807, 2.05) is 70.2 Å². The summed E-state index contributed by atoms with van der Waals surface area (Å²) in [5.74, 6) is 2.05. The van der Waals surface area contributed by atoms with Crippen LogP contribution >= 0.6 is 11.9 Å². The standard InChI is InChI=1S/C39H45N5O4S/c1-7-9-19-36-40-27(4)34(23-37(45)43(6)31-15-11-10-12-16-31)39(46)44(36)24-29-20-21-32(30(22-29)25-47-8-2)33-17-13-14-18-35(33)49-42-38-26(3)28(5)48-41-38/h10-18,20-22H,7-9,19,23-25H2,1-6H3,(H,41,42). The Kier molecular flexibility index (Phi) is 12.1. The fraction of sp³-hybridized carbons (Fsp3) is 0.333. The van der Waals surface area contributed by atoms with Crippen LogP contribution in [-0.4, -0.2) is 34.3 Å². The predicted molar refractivity (Wildman–Crippen MR) is 197 cm³/mol. The minimum Gasteiger partial charge on any atom is -0.377 e. The fourth-order valence-electron chi connectivity index (χ4n) is 5.63. The van der Waals surface area contributed by atoms with Gasteiger partial charge in [-0.25, -0.2) is 4.98 Å². The van der Waals surface area contributed by atoms with E-state index in [4.69, 9.17) is 14.2 Å². The van der Waals surface area contributed by atoms with Crippen LogP contribution in [0.3, 0.4) is 0 Å². The Labute approximate surface area is 292 Å². The largest absolute Gasteiger partial charge is 0.377 e. The number of benzene rings is 3. The number of ether oxygens (including phenoxy) is 1. The second kappa shape index (κ2) is 16.6. The third kappa shape index (κ3) is 8.50. The van der Waals surface area contributed by atoms with E-state index in [0.29, 0.717) is 43.3 Å². The molecule has 0 saturated heterocycles. The minimum atomic E-state index is -0.171. The minimum absolute atomic E-state index is 0.0262. The lowest BCUT2D eigenvalue weighted by atomic mass is 9.97. The van der Waals surface area contributed by atoms with Crippen molar-refractivity contribution in [3.8, 4) is 11.1 Å². The summed E-state index contributed by atoms with van der Waals surface area (Å²) in [5, 5.41) is 4.14. The number of nitrogens with zero attached hydrogens (tertiary/aromatic N) is 4. The summed E-state index contributed by atoms with van der Waals surface area (Å²) < 4.78 is 16.4. The normalized spacial score (nSPS) is 11.1. The number of carbonyl (C=O) groups is 1. The van der Waals surface area contributed by atoms with Crippen LogP contribution in [0, 0.1) is 20.8 Å². The first-order valence-electron chi connectivity index (χ1n) is 16.8. The van der Waals surface area contributed by atoms with Crippen LogP contribution < -0.4 is 15.2 Å². The van der Waals surface area contributed by atoms with Crippen LogP contribution in [0.4, 0.5) is 11.5 Å². The molecular weight excluding hydrogens is 635 g/mol. The van der Waals surface area contributed by atoms with Crippen LogP contribution in [-0.2, 0) is 35.5 Å². The monoisotopic (exact) mass is 679 g/mol. The maximum absolute atomic E-state index is 14.2. The Morgan fingerprint density at radius 2 is 1.76 bits per heavy atom. The first kappa shape index (κ1) is 35.6. The topological polar surface area (TPSA) is 102 Å². The number of hydrogen-bond donors (Lipinski definition) is 1. The van der Waals surface area contributed by atoms with Crippen molar-refractivity contribution in [1.82, 2.24) is 14.7 Å². The molecule has 0 unspecified atom stereocenters. The van der Waals surface area contributed by atoms with E-state index in [-0.39, 0.29) is 17.9 Å². The molecule has 1 amide bonds. The number of likely N-dealkylation sites (N-methyl/N-ethyl adjacent to an activating group) is 1. The molecule has 0 aliphatic heterocycles. The van der Waals surface area contributed by atoms with E-state index in [1.54, 1.807) is 16.5 Å². The van der Waals surface area contributed by atoms with E-state index in [9.17, 15) is 9.59 Å². The van der Waals surface area contributed by atoms with Gasteiger partial charge in [-0.3, -0.25) is 14.2 Å². The molecule has 0 radical (unpaired) electrons. The third-order valence-corrected chi connectivity index (χ3v) is 9.58. The van der Waals surface area contributed by atoms with Crippen molar-refractivity contribution in [1.29, 1.82) is 0 Å². The highest BCUT2D eigenvalue weighted by Gasteiger charge is 2.21. The number of anilines is 2. The van der Waals surface area contributed by atoms with Gasteiger partial charge in [0, 0.05) is 47.5 Å². The van der Waals surface area contributed by atoms with Crippen LogP contribution in [0.5, 0.6) is 0 Å². The summed E-state index contributed by atoms with van der Waals surface area (Å²) in [4.78, 5) is 35.1. The first-order valence-corrected chi connectivity index (χ1v) is 17.6. The molecule has 0 aliphatic carbocycles. The summed E-state index contributed by atoms with van der Waals surface area (Å²) >= 11 is 1.48. The Morgan fingerprint density at radius 1 is 1.00 bits per heavy atom. The van der Waals surface area contributed by atoms with Crippen molar-refractivity contribution in [2.75, 3.05) is 23.3 Å². The van der Waals surface area contributed by atoms with Crippen LogP contribution in [0.25, 0.3) is 11.1 Å². The van der Waals surface area contributed by atoms with E-state index < -0.39 is 0 Å². The lowest BCUT2D eigenvalue weighted by Gasteiger charge is -2.20. The number of amides is 1. The molecule has 256 valence electrons. The molecule has 9 nitrogen and oxygen atoms in total. The van der Waals surface area contributed by atoms with Gasteiger partial charge in [0.15, 0.2) is 5.82 Å². The Hall–Kier alpha value is -4.67. The molecule has 1 N–H and O–H groups in total. The molecule has 0 atom stereocenters. The van der Waals surface area contributed by atoms with Gasteiger partial charge in [0.1, 0.15) is 11.6 Å². The van der Waals surface area contributed by atoms with Gasteiger partial charge in [0.25, 0.3) is 5.56 Å². The van der Waals surface area contributed by atoms with Crippen molar-refractivity contribution >= 4 is 29.4 Å². The van der Waals surface area contributed by atoms with Crippen molar-refractivity contribution in [2.45, 2.75) is 78.3 Å². The van der Waals surface area contributed by atoms with Crippen molar-refractivity contribution < 1.29 is 14.1 Å². The van der Waals surface area contributed by atoms with Gasteiger partial charge >= 0.3 is 0 Å². The lowest BCUT2D eigenvalue weighted by molar-refractivity contribution is -0.117. The van der Waals surface area contributed by atoms with Gasteiger partial charge in [-0.1, -0.05) is 73.1 Å². The Balaban J connectivity index is 1.48. The molecule has 2 heterocycles. The number of rotatable bonds is 15. The number of nitrogens with one attached hydrogen (secondary N) is 1. The maximum Gasteiger partial charge on any atom is 0.257 e. The average Bonchev–Trinajstić information content (AvgIpc) is 3.44. The highest BCUT2D eigenvalue weighted by atomic mass is 32.2. The number of para-hydroxylation sites is 1. The smallest absolute Gasteiger partial charge is 0.257 e. The zero-order chi connectivity index (χ0) is 34.9. The fourth-order valence-corrected chi connectivity index (χ4v) is 6.46. The highest BCUT2D eigenvalue weighted by molar-refractivity contribution is 8.00. The van der Waals surface area contributed by atoms with E-state index >= 15 is 0 Å². The van der Waals surface area contributed by atoms with E-state index in [1.165, 1.54) is 11.9 Å². The second-order valence-corrected chi connectivity index (χ2v) is 12.9. The molecule has 0 spiro atoms. The molecule has 3 aromatic carbocycles. The van der Waals surface area contributed by atoms with Gasteiger partial charge < -0.3 is 18.9 Å². The molecule has 2 aromatic heterocycles. The quantitative estimate of drug-likeness (QED) is 0.111.